The van der Waals surface area contributed by atoms with Gasteiger partial charge in [-0.1, -0.05) is 31.0 Å². The zero-order valence-corrected chi connectivity index (χ0v) is 20.7. The van der Waals surface area contributed by atoms with Gasteiger partial charge in [-0.3, -0.25) is 14.1 Å². The van der Waals surface area contributed by atoms with E-state index in [-0.39, 0.29) is 19.3 Å². The lowest BCUT2D eigenvalue weighted by atomic mass is 10.0. The van der Waals surface area contributed by atoms with Crippen molar-refractivity contribution >= 4 is 32.1 Å². The fourth-order valence-electron chi connectivity index (χ4n) is 3.60. The quantitative estimate of drug-likeness (QED) is 0.199. The molecule has 33 heavy (non-hydrogen) atoms. The second-order valence-electron chi connectivity index (χ2n) is 8.03. The van der Waals surface area contributed by atoms with Crippen LogP contribution in [0.3, 0.4) is 0 Å². The molecule has 0 aliphatic carbocycles. The largest absolute Gasteiger partial charge is 0.286 e. The van der Waals surface area contributed by atoms with Crippen LogP contribution in [0.15, 0.2) is 53.9 Å². The first kappa shape index (κ1) is 26.9. The normalized spacial score (nSPS) is 14.3. The van der Waals surface area contributed by atoms with Gasteiger partial charge in [0.1, 0.15) is 5.25 Å². The molecule has 2 N–H and O–H groups in total. The van der Waals surface area contributed by atoms with Crippen molar-refractivity contribution in [3.63, 3.8) is 0 Å². The summed E-state index contributed by atoms with van der Waals surface area (Å²) in [7, 11) is -6.76. The summed E-state index contributed by atoms with van der Waals surface area (Å²) >= 11 is 0. The molecule has 2 rings (SSSR count). The Morgan fingerprint density at radius 3 is 2.33 bits per heavy atom. The SMILES string of the molecule is CCCC(C(CCCS(=O)(=O)O)[n+]1cccc(C=NN(C)c2ccc(C)cc2)c1)S(=O)(=O)O. The van der Waals surface area contributed by atoms with E-state index in [2.05, 4.69) is 5.10 Å². The van der Waals surface area contributed by atoms with Gasteiger partial charge in [-0.2, -0.15) is 21.9 Å². The standard InChI is InChI=1S/C22H31N3O6S2/c1-4-7-22(33(29,30)31)21(9-6-15-32(26,27)28)25-14-5-8-19(17-25)16-23-24(3)20-12-10-18(2)11-13-20/h5,8,10-14,16-17,21-22H,4,6-7,9,15H2,1-3H3,(H-,26,27,28,29,30,31)/p+1. The van der Waals surface area contributed by atoms with Crippen LogP contribution in [0.2, 0.25) is 0 Å². The molecule has 182 valence electrons. The number of nitrogens with zero attached hydrogens (tertiary/aromatic N) is 3. The fourth-order valence-corrected chi connectivity index (χ4v) is 5.34. The summed E-state index contributed by atoms with van der Waals surface area (Å²) in [5.41, 5.74) is 2.74. The highest BCUT2D eigenvalue weighted by atomic mass is 32.2. The average molecular weight is 499 g/mol. The Kier molecular flexibility index (Phi) is 9.53. The summed E-state index contributed by atoms with van der Waals surface area (Å²) in [4.78, 5) is 0. The molecule has 0 spiro atoms. The smallest absolute Gasteiger partial charge is 0.274 e. The van der Waals surface area contributed by atoms with E-state index in [4.69, 9.17) is 4.55 Å². The highest BCUT2D eigenvalue weighted by Gasteiger charge is 2.38. The van der Waals surface area contributed by atoms with Gasteiger partial charge in [0.25, 0.3) is 20.2 Å². The number of aryl methyl sites for hydroxylation is 1. The molecule has 0 amide bonds. The van der Waals surface area contributed by atoms with Gasteiger partial charge >= 0.3 is 0 Å². The maximum atomic E-state index is 12.1. The van der Waals surface area contributed by atoms with Gasteiger partial charge in [-0.25, -0.2) is 4.57 Å². The molecule has 11 heteroatoms. The van der Waals surface area contributed by atoms with Crippen molar-refractivity contribution in [2.24, 2.45) is 5.10 Å². The van der Waals surface area contributed by atoms with Crippen LogP contribution in [0.1, 0.15) is 49.8 Å². The zero-order valence-electron chi connectivity index (χ0n) is 19.1. The summed E-state index contributed by atoms with van der Waals surface area (Å²) < 4.78 is 67.1. The number of hydrogen-bond donors (Lipinski definition) is 2. The second kappa shape index (κ2) is 11.7. The minimum atomic E-state index is -4.39. The zero-order chi connectivity index (χ0) is 24.6. The van der Waals surface area contributed by atoms with Crippen molar-refractivity contribution in [3.05, 3.63) is 59.9 Å². The summed E-state index contributed by atoms with van der Waals surface area (Å²) in [6.07, 6.45) is 5.91. The first-order valence-electron chi connectivity index (χ1n) is 10.7. The predicted octanol–water partition coefficient (Wildman–Crippen LogP) is 3.02. The van der Waals surface area contributed by atoms with Gasteiger partial charge in [0, 0.05) is 19.5 Å². The summed E-state index contributed by atoms with van der Waals surface area (Å²) in [6, 6.07) is 10.7. The van der Waals surface area contributed by atoms with Gasteiger partial charge in [0.05, 0.1) is 23.2 Å². The van der Waals surface area contributed by atoms with Crippen molar-refractivity contribution in [2.75, 3.05) is 17.8 Å². The minimum absolute atomic E-state index is 0.0424. The Morgan fingerprint density at radius 2 is 1.76 bits per heavy atom. The van der Waals surface area contributed by atoms with Gasteiger partial charge in [-0.15, -0.1) is 0 Å². The van der Waals surface area contributed by atoms with E-state index in [1.165, 1.54) is 0 Å². The molecule has 0 saturated heterocycles. The minimum Gasteiger partial charge on any atom is -0.286 e. The molecule has 0 radical (unpaired) electrons. The van der Waals surface area contributed by atoms with Crippen LogP contribution in [-0.2, 0) is 20.2 Å². The molecule has 1 aromatic heterocycles. The van der Waals surface area contributed by atoms with Crippen LogP contribution in [0.5, 0.6) is 0 Å². The molecule has 2 atom stereocenters. The molecule has 0 fully saturated rings. The molecule has 2 unspecified atom stereocenters. The number of pyridine rings is 1. The lowest BCUT2D eigenvalue weighted by molar-refractivity contribution is -0.723. The van der Waals surface area contributed by atoms with Crippen LogP contribution in [0.25, 0.3) is 0 Å². The first-order valence-corrected chi connectivity index (χ1v) is 13.8. The Hall–Kier alpha value is -2.34. The Balaban J connectivity index is 2.32. The van der Waals surface area contributed by atoms with Crippen LogP contribution in [-0.4, -0.2) is 50.2 Å². The van der Waals surface area contributed by atoms with E-state index in [0.29, 0.717) is 12.0 Å². The molecular formula is C22H32N3O6S2+. The van der Waals surface area contributed by atoms with Crippen molar-refractivity contribution in [1.82, 2.24) is 0 Å². The Bertz CT molecular complexity index is 1150. The molecule has 9 nitrogen and oxygen atoms in total. The molecule has 0 aliphatic heterocycles. The highest BCUT2D eigenvalue weighted by molar-refractivity contribution is 7.86. The third kappa shape index (κ3) is 8.84. The number of aromatic nitrogens is 1. The van der Waals surface area contributed by atoms with E-state index >= 15 is 0 Å². The molecule has 0 saturated carbocycles. The van der Waals surface area contributed by atoms with Gasteiger partial charge in [0.2, 0.25) is 0 Å². The van der Waals surface area contributed by atoms with Crippen molar-refractivity contribution in [1.29, 1.82) is 0 Å². The summed E-state index contributed by atoms with van der Waals surface area (Å²) in [6.45, 7) is 3.81. The van der Waals surface area contributed by atoms with Gasteiger partial charge in [-0.05, 0) is 38.0 Å². The third-order valence-corrected chi connectivity index (χ3v) is 7.42. The summed E-state index contributed by atoms with van der Waals surface area (Å²) in [5.74, 6) is -0.489. The predicted molar refractivity (Wildman–Crippen MR) is 129 cm³/mol. The van der Waals surface area contributed by atoms with Crippen LogP contribution in [0, 0.1) is 6.92 Å². The van der Waals surface area contributed by atoms with Crippen molar-refractivity contribution in [2.45, 2.75) is 50.8 Å². The van der Waals surface area contributed by atoms with Crippen LogP contribution in [0.4, 0.5) is 5.69 Å². The summed E-state index contributed by atoms with van der Waals surface area (Å²) in [5, 5.41) is 5.03. The first-order chi connectivity index (χ1) is 15.4. The Labute approximate surface area is 196 Å². The monoisotopic (exact) mass is 498 g/mol. The van der Waals surface area contributed by atoms with E-state index in [0.717, 1.165) is 11.3 Å². The van der Waals surface area contributed by atoms with E-state index in [1.54, 1.807) is 40.3 Å². The molecule has 1 heterocycles. The number of rotatable bonds is 12. The molecular weight excluding hydrogens is 466 g/mol. The van der Waals surface area contributed by atoms with E-state index < -0.39 is 37.3 Å². The van der Waals surface area contributed by atoms with Crippen LogP contribution < -0.4 is 9.58 Å². The maximum Gasteiger partial charge on any atom is 0.274 e. The lowest BCUT2D eigenvalue weighted by Crippen LogP contribution is -2.48. The van der Waals surface area contributed by atoms with E-state index in [1.807, 2.05) is 45.2 Å². The van der Waals surface area contributed by atoms with Crippen molar-refractivity contribution < 1.29 is 30.5 Å². The lowest BCUT2D eigenvalue weighted by Gasteiger charge is -2.20. The topological polar surface area (TPSA) is 128 Å². The molecule has 2 aromatic rings. The number of benzene rings is 1. The molecule has 0 aliphatic rings. The highest BCUT2D eigenvalue weighted by Crippen LogP contribution is 2.23. The maximum absolute atomic E-state index is 12.1. The fraction of sp³-hybridized carbons (Fsp3) is 0.455. The molecule has 0 bridgehead atoms. The van der Waals surface area contributed by atoms with Crippen molar-refractivity contribution in [3.8, 4) is 0 Å². The average Bonchev–Trinajstić information content (AvgIpc) is 2.73. The van der Waals surface area contributed by atoms with E-state index in [9.17, 15) is 21.4 Å². The van der Waals surface area contributed by atoms with Crippen LogP contribution >= 0.6 is 0 Å². The Morgan fingerprint density at radius 1 is 1.09 bits per heavy atom. The van der Waals surface area contributed by atoms with Gasteiger partial charge < -0.3 is 0 Å². The number of anilines is 1. The number of hydrogen-bond acceptors (Lipinski definition) is 6. The third-order valence-electron chi connectivity index (χ3n) is 5.30. The number of hydrazone groups is 1. The second-order valence-corrected chi connectivity index (χ2v) is 11.2. The van der Waals surface area contributed by atoms with Gasteiger partial charge in [0.15, 0.2) is 18.4 Å². The molecule has 1 aromatic carbocycles.